The lowest BCUT2D eigenvalue weighted by atomic mass is 9.94. The first-order chi connectivity index (χ1) is 8.93. The fourth-order valence-electron chi connectivity index (χ4n) is 1.95. The summed E-state index contributed by atoms with van der Waals surface area (Å²) in [5.41, 5.74) is 4.08. The zero-order valence-electron chi connectivity index (χ0n) is 12.8. The summed E-state index contributed by atoms with van der Waals surface area (Å²) in [6.45, 7) is 11.1. The van der Waals surface area contributed by atoms with E-state index in [1.54, 1.807) is 0 Å². The SMILES string of the molecule is C/C(=C(S)\C(=C/Cc1ccccc1)C(C)C)C(C)C. The minimum absolute atomic E-state index is 0.505. The molecule has 0 N–H and O–H groups in total. The monoisotopic (exact) mass is 274 g/mol. The van der Waals surface area contributed by atoms with Crippen LogP contribution < -0.4 is 0 Å². The van der Waals surface area contributed by atoms with Gasteiger partial charge in [-0.1, -0.05) is 69.7 Å². The average Bonchev–Trinajstić information content (AvgIpc) is 2.38. The molecule has 0 radical (unpaired) electrons. The van der Waals surface area contributed by atoms with Crippen molar-refractivity contribution in [3.8, 4) is 0 Å². The highest BCUT2D eigenvalue weighted by Gasteiger charge is 2.11. The van der Waals surface area contributed by atoms with Crippen LogP contribution in [-0.4, -0.2) is 0 Å². The number of rotatable bonds is 5. The zero-order valence-corrected chi connectivity index (χ0v) is 13.7. The third kappa shape index (κ3) is 4.91. The van der Waals surface area contributed by atoms with Gasteiger partial charge in [0.2, 0.25) is 0 Å². The number of benzene rings is 1. The second-order valence-electron chi connectivity index (χ2n) is 5.69. The van der Waals surface area contributed by atoms with E-state index >= 15 is 0 Å². The van der Waals surface area contributed by atoms with Gasteiger partial charge in [-0.3, -0.25) is 0 Å². The number of thiol groups is 1. The lowest BCUT2D eigenvalue weighted by Gasteiger charge is -2.17. The highest BCUT2D eigenvalue weighted by Crippen LogP contribution is 2.29. The first-order valence-corrected chi connectivity index (χ1v) is 7.52. The van der Waals surface area contributed by atoms with Crippen molar-refractivity contribution in [2.75, 3.05) is 0 Å². The predicted molar refractivity (Wildman–Crippen MR) is 89.6 cm³/mol. The first-order valence-electron chi connectivity index (χ1n) is 7.07. The molecule has 0 bridgehead atoms. The van der Waals surface area contributed by atoms with Crippen LogP contribution in [0.3, 0.4) is 0 Å². The summed E-state index contributed by atoms with van der Waals surface area (Å²) >= 11 is 4.76. The van der Waals surface area contributed by atoms with Gasteiger partial charge in [0.25, 0.3) is 0 Å². The molecule has 0 saturated carbocycles. The smallest absolute Gasteiger partial charge is 0.00634 e. The van der Waals surface area contributed by atoms with Crippen molar-refractivity contribution in [1.29, 1.82) is 0 Å². The van der Waals surface area contributed by atoms with Crippen LogP contribution in [-0.2, 0) is 6.42 Å². The van der Waals surface area contributed by atoms with Crippen molar-refractivity contribution >= 4 is 12.6 Å². The lowest BCUT2D eigenvalue weighted by Crippen LogP contribution is -2.01. The Hall–Kier alpha value is -0.950. The van der Waals surface area contributed by atoms with E-state index in [4.69, 9.17) is 12.6 Å². The van der Waals surface area contributed by atoms with Crippen LogP contribution in [0.4, 0.5) is 0 Å². The molecule has 1 rings (SSSR count). The van der Waals surface area contributed by atoms with Gasteiger partial charge in [-0.25, -0.2) is 0 Å². The Labute approximate surface area is 124 Å². The molecular weight excluding hydrogens is 248 g/mol. The highest BCUT2D eigenvalue weighted by molar-refractivity contribution is 7.84. The summed E-state index contributed by atoms with van der Waals surface area (Å²) in [5, 5.41) is 0. The van der Waals surface area contributed by atoms with E-state index in [1.165, 1.54) is 21.6 Å². The van der Waals surface area contributed by atoms with Crippen molar-refractivity contribution < 1.29 is 0 Å². The summed E-state index contributed by atoms with van der Waals surface area (Å²) in [6, 6.07) is 10.6. The molecule has 0 aliphatic carbocycles. The maximum atomic E-state index is 4.76. The minimum Gasteiger partial charge on any atom is -0.143 e. The van der Waals surface area contributed by atoms with Gasteiger partial charge in [0.05, 0.1) is 0 Å². The topological polar surface area (TPSA) is 0 Å². The maximum absolute atomic E-state index is 4.76. The van der Waals surface area contributed by atoms with Gasteiger partial charge in [0.1, 0.15) is 0 Å². The van der Waals surface area contributed by atoms with Crippen LogP contribution in [0.25, 0.3) is 0 Å². The Kier molecular flexibility index (Phi) is 6.44. The summed E-state index contributed by atoms with van der Waals surface area (Å²) in [6.07, 6.45) is 3.30. The average molecular weight is 274 g/mol. The molecule has 19 heavy (non-hydrogen) atoms. The van der Waals surface area contributed by atoms with Crippen molar-refractivity contribution in [3.63, 3.8) is 0 Å². The second-order valence-corrected chi connectivity index (χ2v) is 6.14. The molecule has 0 spiro atoms. The van der Waals surface area contributed by atoms with Crippen LogP contribution in [0.1, 0.15) is 40.2 Å². The molecule has 0 amide bonds. The third-order valence-electron chi connectivity index (χ3n) is 3.54. The molecule has 0 heterocycles. The van der Waals surface area contributed by atoms with Gasteiger partial charge >= 0.3 is 0 Å². The van der Waals surface area contributed by atoms with Crippen molar-refractivity contribution in [3.05, 3.63) is 58.0 Å². The molecule has 0 aliphatic rings. The Bertz CT molecular complexity index is 450. The van der Waals surface area contributed by atoms with Crippen molar-refractivity contribution in [2.45, 2.75) is 41.0 Å². The van der Waals surface area contributed by atoms with Gasteiger partial charge in [0.15, 0.2) is 0 Å². The zero-order chi connectivity index (χ0) is 14.4. The Morgan fingerprint density at radius 3 is 2.11 bits per heavy atom. The molecule has 1 aromatic carbocycles. The van der Waals surface area contributed by atoms with E-state index in [0.29, 0.717) is 11.8 Å². The molecule has 0 aliphatic heterocycles. The van der Waals surface area contributed by atoms with Crippen LogP contribution in [0, 0.1) is 11.8 Å². The van der Waals surface area contributed by atoms with Crippen molar-refractivity contribution in [2.24, 2.45) is 11.8 Å². The number of hydrogen-bond acceptors (Lipinski definition) is 1. The molecule has 0 saturated heterocycles. The summed E-state index contributed by atoms with van der Waals surface area (Å²) in [7, 11) is 0. The van der Waals surface area contributed by atoms with E-state index in [1.807, 2.05) is 0 Å². The highest BCUT2D eigenvalue weighted by atomic mass is 32.1. The fraction of sp³-hybridized carbons (Fsp3) is 0.444. The molecule has 0 fully saturated rings. The molecule has 1 heteroatoms. The predicted octanol–water partition coefficient (Wildman–Crippen LogP) is 5.67. The first kappa shape index (κ1) is 16.1. The van der Waals surface area contributed by atoms with Crippen LogP contribution in [0.5, 0.6) is 0 Å². The lowest BCUT2D eigenvalue weighted by molar-refractivity contribution is 0.743. The molecule has 0 atom stereocenters. The molecule has 0 aromatic heterocycles. The van der Waals surface area contributed by atoms with Gasteiger partial charge in [-0.15, -0.1) is 12.6 Å². The largest absolute Gasteiger partial charge is 0.143 e. The normalized spacial score (nSPS) is 14.0. The van der Waals surface area contributed by atoms with E-state index in [-0.39, 0.29) is 0 Å². The molecule has 1 aromatic rings. The third-order valence-corrected chi connectivity index (χ3v) is 4.15. The Balaban J connectivity index is 2.99. The van der Waals surface area contributed by atoms with Crippen molar-refractivity contribution in [1.82, 2.24) is 0 Å². The summed E-state index contributed by atoms with van der Waals surface area (Å²) in [5.74, 6) is 1.05. The Morgan fingerprint density at radius 2 is 1.63 bits per heavy atom. The number of hydrogen-bond donors (Lipinski definition) is 1. The molecule has 104 valence electrons. The van der Waals surface area contributed by atoms with E-state index in [2.05, 4.69) is 71.0 Å². The fourth-order valence-corrected chi connectivity index (χ4v) is 2.56. The minimum atomic E-state index is 0.505. The van der Waals surface area contributed by atoms with E-state index in [0.717, 1.165) is 6.42 Å². The van der Waals surface area contributed by atoms with Gasteiger partial charge in [-0.05, 0) is 36.3 Å². The standard InChI is InChI=1S/C18H26S/c1-13(2)15(5)18(19)17(14(3)4)12-11-16-9-7-6-8-10-16/h6-10,12-14,19H,11H2,1-5H3/b17-12-,18-15-. The molecule has 0 unspecified atom stereocenters. The molecular formula is C18H26S. The van der Waals surface area contributed by atoms with E-state index < -0.39 is 0 Å². The summed E-state index contributed by atoms with van der Waals surface area (Å²) in [4.78, 5) is 1.17. The molecule has 0 nitrogen and oxygen atoms in total. The van der Waals surface area contributed by atoms with Crippen LogP contribution >= 0.6 is 12.6 Å². The van der Waals surface area contributed by atoms with Gasteiger partial charge < -0.3 is 0 Å². The van der Waals surface area contributed by atoms with Gasteiger partial charge in [0, 0.05) is 4.91 Å². The van der Waals surface area contributed by atoms with Crippen LogP contribution in [0.2, 0.25) is 0 Å². The second kappa shape index (κ2) is 7.59. The maximum Gasteiger partial charge on any atom is 0.00634 e. The number of allylic oxidation sites excluding steroid dienone is 3. The Morgan fingerprint density at radius 1 is 1.05 bits per heavy atom. The van der Waals surface area contributed by atoms with E-state index in [9.17, 15) is 0 Å². The summed E-state index contributed by atoms with van der Waals surface area (Å²) < 4.78 is 0. The quantitative estimate of drug-likeness (QED) is 0.519. The van der Waals surface area contributed by atoms with Crippen LogP contribution in [0.15, 0.2) is 52.5 Å². The van der Waals surface area contributed by atoms with Gasteiger partial charge in [-0.2, -0.15) is 0 Å².